The summed E-state index contributed by atoms with van der Waals surface area (Å²) in [5, 5.41) is 6.65. The number of nitrogens with two attached hydrogens (primary N) is 1. The maximum atomic E-state index is 13.6. The molecule has 1 saturated carbocycles. The van der Waals surface area contributed by atoms with Crippen molar-refractivity contribution in [2.45, 2.75) is 36.4 Å². The molecule has 1 aromatic heterocycles. The summed E-state index contributed by atoms with van der Waals surface area (Å²) >= 11 is 0. The number of ether oxygens (including phenoxy) is 1. The molecule has 1 saturated heterocycles. The zero-order valence-corrected chi connectivity index (χ0v) is 18.7. The summed E-state index contributed by atoms with van der Waals surface area (Å²) in [7, 11) is 1.58. The van der Waals surface area contributed by atoms with Gasteiger partial charge in [-0.25, -0.2) is 0 Å². The number of para-hydroxylation sites is 1. The summed E-state index contributed by atoms with van der Waals surface area (Å²) < 4.78 is 5.37. The fraction of sp³-hybridized carbons (Fsp3) is 0.320. The van der Waals surface area contributed by atoms with E-state index in [9.17, 15) is 14.4 Å². The highest BCUT2D eigenvalue weighted by Crippen LogP contribution is 2.47. The van der Waals surface area contributed by atoms with E-state index in [0.717, 1.165) is 22.2 Å². The van der Waals surface area contributed by atoms with Crippen molar-refractivity contribution >= 4 is 34.3 Å². The number of fused-ring (bicyclic) bond motifs is 3. The van der Waals surface area contributed by atoms with Gasteiger partial charge in [0.2, 0.25) is 11.8 Å². The number of likely N-dealkylation sites (tertiary alicyclic amines) is 1. The van der Waals surface area contributed by atoms with E-state index in [1.54, 1.807) is 18.1 Å². The highest BCUT2D eigenvalue weighted by Gasteiger charge is 2.60. The molecule has 1 aliphatic carbocycles. The Labute approximate surface area is 195 Å². The molecule has 3 heterocycles. The summed E-state index contributed by atoms with van der Waals surface area (Å²) in [6.07, 6.45) is 0.782. The predicted octanol–water partition coefficient (Wildman–Crippen LogP) is 1.85. The van der Waals surface area contributed by atoms with E-state index in [1.807, 2.05) is 42.5 Å². The summed E-state index contributed by atoms with van der Waals surface area (Å²) in [5.41, 5.74) is 7.28. The summed E-state index contributed by atoms with van der Waals surface area (Å²) in [6.45, 7) is 0.192. The first-order chi connectivity index (χ1) is 16.4. The van der Waals surface area contributed by atoms with E-state index in [4.69, 9.17) is 10.5 Å². The lowest BCUT2D eigenvalue weighted by Crippen LogP contribution is -2.54. The van der Waals surface area contributed by atoms with Gasteiger partial charge in [-0.2, -0.15) is 0 Å². The fourth-order valence-electron chi connectivity index (χ4n) is 5.40. The van der Waals surface area contributed by atoms with E-state index < -0.39 is 17.1 Å². The second-order valence-corrected chi connectivity index (χ2v) is 9.43. The minimum absolute atomic E-state index is 0.139. The Balaban J connectivity index is 1.24. The number of anilines is 1. The number of hydrogen-bond acceptors (Lipinski definition) is 5. The van der Waals surface area contributed by atoms with E-state index in [1.165, 1.54) is 0 Å². The highest BCUT2D eigenvalue weighted by atomic mass is 16.5. The minimum Gasteiger partial charge on any atom is -0.496 e. The van der Waals surface area contributed by atoms with Gasteiger partial charge in [0.05, 0.1) is 18.7 Å². The number of nitrogens with one attached hydrogen (secondary N) is 3. The van der Waals surface area contributed by atoms with Crippen LogP contribution < -0.4 is 21.1 Å². The fourth-order valence-corrected chi connectivity index (χ4v) is 5.40. The molecule has 1 spiro atoms. The monoisotopic (exact) mass is 459 g/mol. The topological polar surface area (TPSA) is 130 Å². The number of nitrogens with zero attached hydrogens (tertiary/aromatic N) is 1. The molecule has 9 heteroatoms. The number of benzene rings is 2. The third-order valence-electron chi connectivity index (χ3n) is 7.39. The lowest BCUT2D eigenvalue weighted by Gasteiger charge is -2.28. The molecule has 2 aliphatic heterocycles. The first kappa shape index (κ1) is 20.7. The SMILES string of the molecule is COc1cccc2[nH]c(C(=O)NC3(C(=O)N4C[C@]5(C[C@H]4N)C(=O)Nc4ccccc45)CC3)cc12. The third-order valence-corrected chi connectivity index (χ3v) is 7.39. The summed E-state index contributed by atoms with van der Waals surface area (Å²) in [5.74, 6) is -0.0829. The average Bonchev–Trinajstić information content (AvgIpc) is 3.21. The lowest BCUT2D eigenvalue weighted by molar-refractivity contribution is -0.135. The van der Waals surface area contributed by atoms with Gasteiger partial charge in [0.1, 0.15) is 17.0 Å². The molecule has 5 N–H and O–H groups in total. The van der Waals surface area contributed by atoms with Crippen LogP contribution in [0.3, 0.4) is 0 Å². The number of hydrogen-bond donors (Lipinski definition) is 4. The Hall–Kier alpha value is -3.85. The molecule has 3 aromatic rings. The Morgan fingerprint density at radius 3 is 2.74 bits per heavy atom. The maximum absolute atomic E-state index is 13.6. The van der Waals surface area contributed by atoms with Crippen molar-refractivity contribution in [2.24, 2.45) is 5.73 Å². The van der Waals surface area contributed by atoms with Gasteiger partial charge < -0.3 is 31.0 Å². The van der Waals surface area contributed by atoms with E-state index in [0.29, 0.717) is 30.7 Å². The van der Waals surface area contributed by atoms with Crippen molar-refractivity contribution in [1.82, 2.24) is 15.2 Å². The second kappa shape index (κ2) is 7.07. The van der Waals surface area contributed by atoms with Crippen LogP contribution in [-0.2, 0) is 15.0 Å². The molecule has 3 amide bonds. The van der Waals surface area contributed by atoms with Gasteiger partial charge in [-0.3, -0.25) is 14.4 Å². The molecule has 2 aromatic carbocycles. The van der Waals surface area contributed by atoms with Gasteiger partial charge >= 0.3 is 0 Å². The number of rotatable bonds is 4. The molecule has 6 rings (SSSR count). The quantitative estimate of drug-likeness (QED) is 0.473. The summed E-state index contributed by atoms with van der Waals surface area (Å²) in [6, 6.07) is 14.8. The van der Waals surface area contributed by atoms with Crippen LogP contribution in [0.25, 0.3) is 10.9 Å². The minimum atomic E-state index is -1.00. The summed E-state index contributed by atoms with van der Waals surface area (Å²) in [4.78, 5) is 44.3. The Morgan fingerprint density at radius 1 is 1.18 bits per heavy atom. The predicted molar refractivity (Wildman–Crippen MR) is 125 cm³/mol. The lowest BCUT2D eigenvalue weighted by atomic mass is 9.80. The number of methoxy groups -OCH3 is 1. The first-order valence-electron chi connectivity index (χ1n) is 11.3. The van der Waals surface area contributed by atoms with E-state index in [2.05, 4.69) is 15.6 Å². The van der Waals surface area contributed by atoms with Crippen LogP contribution in [0.5, 0.6) is 5.75 Å². The number of H-pyrrole nitrogens is 1. The molecular formula is C25H25N5O4. The normalized spacial score (nSPS) is 24.2. The number of carbonyl (C=O) groups is 3. The molecule has 0 radical (unpaired) electrons. The van der Waals surface area contributed by atoms with Crippen molar-refractivity contribution in [1.29, 1.82) is 0 Å². The van der Waals surface area contributed by atoms with Crippen LogP contribution in [0.4, 0.5) is 5.69 Å². The van der Waals surface area contributed by atoms with Gasteiger partial charge in [0.15, 0.2) is 0 Å². The molecule has 0 unspecified atom stereocenters. The van der Waals surface area contributed by atoms with Crippen LogP contribution in [0.15, 0.2) is 48.5 Å². The number of amides is 3. The van der Waals surface area contributed by atoms with Crippen molar-refractivity contribution in [3.8, 4) is 5.75 Å². The van der Waals surface area contributed by atoms with Gasteiger partial charge in [0.25, 0.3) is 5.91 Å². The number of carbonyl (C=O) groups excluding carboxylic acids is 3. The van der Waals surface area contributed by atoms with Crippen LogP contribution in [-0.4, -0.2) is 53.0 Å². The van der Waals surface area contributed by atoms with Gasteiger partial charge in [-0.05, 0) is 42.7 Å². The van der Waals surface area contributed by atoms with Crippen molar-refractivity contribution in [2.75, 3.05) is 19.0 Å². The zero-order valence-electron chi connectivity index (χ0n) is 18.7. The highest BCUT2D eigenvalue weighted by molar-refractivity contribution is 6.08. The smallest absolute Gasteiger partial charge is 0.268 e. The first-order valence-corrected chi connectivity index (χ1v) is 11.3. The molecule has 3 aliphatic rings. The van der Waals surface area contributed by atoms with Crippen LogP contribution in [0.2, 0.25) is 0 Å². The second-order valence-electron chi connectivity index (χ2n) is 9.43. The molecule has 0 bridgehead atoms. The van der Waals surface area contributed by atoms with Gasteiger partial charge in [0, 0.05) is 29.6 Å². The number of aromatic amines is 1. The molecule has 174 valence electrons. The molecule has 2 fully saturated rings. The van der Waals surface area contributed by atoms with Crippen LogP contribution in [0, 0.1) is 0 Å². The molecule has 9 nitrogen and oxygen atoms in total. The maximum Gasteiger partial charge on any atom is 0.268 e. The van der Waals surface area contributed by atoms with Crippen molar-refractivity contribution in [3.63, 3.8) is 0 Å². The molecular weight excluding hydrogens is 434 g/mol. The van der Waals surface area contributed by atoms with Gasteiger partial charge in [-0.1, -0.05) is 24.3 Å². The van der Waals surface area contributed by atoms with E-state index >= 15 is 0 Å². The van der Waals surface area contributed by atoms with Crippen LogP contribution in [0.1, 0.15) is 35.3 Å². The third kappa shape index (κ3) is 2.86. The number of aromatic nitrogens is 1. The molecule has 34 heavy (non-hydrogen) atoms. The standard InChI is InChI=1S/C25H25N5O4/c1-34-19-8-4-7-16-14(19)11-18(27-16)21(31)29-25(9-10-25)23(33)30-13-24(12-20(30)26)15-5-2-3-6-17(15)28-22(24)32/h2-8,11,20,27H,9-10,12-13,26H2,1H3,(H,28,32)(H,29,31)/t20-,24-/m0/s1. The Morgan fingerprint density at radius 2 is 1.97 bits per heavy atom. The molecule has 2 atom stereocenters. The Bertz CT molecular complexity index is 1360. The van der Waals surface area contributed by atoms with Crippen molar-refractivity contribution < 1.29 is 19.1 Å². The van der Waals surface area contributed by atoms with E-state index in [-0.39, 0.29) is 24.3 Å². The zero-order chi connectivity index (χ0) is 23.7. The van der Waals surface area contributed by atoms with Gasteiger partial charge in [-0.15, -0.1) is 0 Å². The Kier molecular flexibility index (Phi) is 4.31. The average molecular weight is 460 g/mol. The van der Waals surface area contributed by atoms with Crippen molar-refractivity contribution in [3.05, 3.63) is 59.8 Å². The van der Waals surface area contributed by atoms with Crippen LogP contribution >= 0.6 is 0 Å². The largest absolute Gasteiger partial charge is 0.496 e.